The summed E-state index contributed by atoms with van der Waals surface area (Å²) < 4.78 is 0. The van der Waals surface area contributed by atoms with Crippen molar-refractivity contribution in [2.24, 2.45) is 17.8 Å². The second-order valence-electron chi connectivity index (χ2n) is 6.10. The largest absolute Gasteiger partial charge is 0.480 e. The smallest absolute Gasteiger partial charge is 0.327 e. The van der Waals surface area contributed by atoms with E-state index in [1.165, 1.54) is 6.42 Å². The lowest BCUT2D eigenvalue weighted by atomic mass is 10.0. The van der Waals surface area contributed by atoms with Gasteiger partial charge in [-0.25, -0.2) is 4.79 Å². The Morgan fingerprint density at radius 1 is 1.26 bits per heavy atom. The molecule has 5 heteroatoms. The van der Waals surface area contributed by atoms with E-state index in [1.54, 1.807) is 16.7 Å². The molecular weight excluding hydrogens is 262 g/mol. The van der Waals surface area contributed by atoms with E-state index in [9.17, 15) is 14.7 Å². The number of carbonyl (C=O) groups excluding carboxylic acids is 1. The van der Waals surface area contributed by atoms with Crippen LogP contribution in [0, 0.1) is 17.8 Å². The zero-order chi connectivity index (χ0) is 13.6. The number of rotatable bonds is 4. The van der Waals surface area contributed by atoms with Gasteiger partial charge in [0.1, 0.15) is 6.04 Å². The van der Waals surface area contributed by atoms with Gasteiger partial charge >= 0.3 is 5.97 Å². The van der Waals surface area contributed by atoms with Crippen LogP contribution in [-0.4, -0.2) is 39.1 Å². The zero-order valence-electron chi connectivity index (χ0n) is 11.2. The van der Waals surface area contributed by atoms with Crippen molar-refractivity contribution < 1.29 is 14.7 Å². The molecular formula is C14H21NO3S. The summed E-state index contributed by atoms with van der Waals surface area (Å²) in [5.41, 5.74) is 0. The van der Waals surface area contributed by atoms with Crippen LogP contribution in [0.5, 0.6) is 0 Å². The summed E-state index contributed by atoms with van der Waals surface area (Å²) >= 11 is 1.63. The highest BCUT2D eigenvalue weighted by Crippen LogP contribution is 2.55. The topological polar surface area (TPSA) is 57.6 Å². The van der Waals surface area contributed by atoms with Crippen molar-refractivity contribution in [3.05, 3.63) is 0 Å². The first-order valence-electron chi connectivity index (χ1n) is 7.28. The summed E-state index contributed by atoms with van der Waals surface area (Å²) in [6.07, 6.45) is 5.18. The van der Waals surface area contributed by atoms with Gasteiger partial charge in [0.25, 0.3) is 0 Å². The second-order valence-corrected chi connectivity index (χ2v) is 7.31. The molecule has 0 aromatic heterocycles. The molecule has 106 valence electrons. The maximum atomic E-state index is 12.7. The maximum Gasteiger partial charge on any atom is 0.327 e. The van der Waals surface area contributed by atoms with Gasteiger partial charge in [-0.3, -0.25) is 4.79 Å². The first kappa shape index (κ1) is 13.3. The number of carboxylic acids is 1. The molecule has 0 bridgehead atoms. The highest BCUT2D eigenvalue weighted by Gasteiger charge is 2.51. The number of fused-ring (bicyclic) bond motifs is 1. The Hall–Kier alpha value is -0.710. The molecule has 2 saturated carbocycles. The van der Waals surface area contributed by atoms with Gasteiger partial charge in [0.2, 0.25) is 5.91 Å². The van der Waals surface area contributed by atoms with Crippen molar-refractivity contribution in [3.8, 4) is 0 Å². The predicted octanol–water partition coefficient (Wildman–Crippen LogP) is 2.19. The van der Waals surface area contributed by atoms with Crippen LogP contribution in [-0.2, 0) is 9.59 Å². The summed E-state index contributed by atoms with van der Waals surface area (Å²) in [7, 11) is 0. The van der Waals surface area contributed by atoms with Crippen molar-refractivity contribution in [2.75, 3.05) is 5.75 Å². The lowest BCUT2D eigenvalue weighted by Gasteiger charge is -2.30. The summed E-state index contributed by atoms with van der Waals surface area (Å²) in [6, 6.07) is -0.606. The molecule has 1 N–H and O–H groups in total. The molecule has 3 aliphatic rings. The molecule has 3 rings (SSSR count). The standard InChI is InChI=1S/C14H21NO3S/c1-2-3-12-15(11(7-19-12)14(17)18)13(16)10-5-8-4-9(8)6-10/h8-12H,2-7H2,1H3,(H,17,18). The molecule has 0 aromatic rings. The van der Waals surface area contributed by atoms with Gasteiger partial charge in [0.05, 0.1) is 5.37 Å². The minimum Gasteiger partial charge on any atom is -0.480 e. The van der Waals surface area contributed by atoms with Crippen LogP contribution in [0.15, 0.2) is 0 Å². The molecule has 1 heterocycles. The summed E-state index contributed by atoms with van der Waals surface area (Å²) in [6.45, 7) is 2.09. The van der Waals surface area contributed by atoms with Crippen LogP contribution in [0.25, 0.3) is 0 Å². The molecule has 2 aliphatic carbocycles. The van der Waals surface area contributed by atoms with E-state index in [0.717, 1.165) is 37.5 Å². The van der Waals surface area contributed by atoms with Gasteiger partial charge < -0.3 is 10.0 Å². The molecule has 0 radical (unpaired) electrons. The number of carbonyl (C=O) groups is 2. The van der Waals surface area contributed by atoms with Gasteiger partial charge in [-0.15, -0.1) is 11.8 Å². The SMILES string of the molecule is CCCC1SCC(C(=O)O)N1C(=O)C1CC2CC2C1. The first-order valence-corrected chi connectivity index (χ1v) is 8.33. The Kier molecular flexibility index (Phi) is 3.50. The average Bonchev–Trinajstić information content (AvgIpc) is 2.82. The molecule has 4 unspecified atom stereocenters. The van der Waals surface area contributed by atoms with E-state index >= 15 is 0 Å². The van der Waals surface area contributed by atoms with E-state index in [-0.39, 0.29) is 17.2 Å². The molecule has 0 aromatic carbocycles. The van der Waals surface area contributed by atoms with Crippen molar-refractivity contribution >= 4 is 23.6 Å². The number of aliphatic carboxylic acids is 1. The van der Waals surface area contributed by atoms with Gasteiger partial charge in [0.15, 0.2) is 0 Å². The highest BCUT2D eigenvalue weighted by molar-refractivity contribution is 8.00. The molecule has 19 heavy (non-hydrogen) atoms. The highest BCUT2D eigenvalue weighted by atomic mass is 32.2. The van der Waals surface area contributed by atoms with Gasteiger partial charge in [-0.2, -0.15) is 0 Å². The lowest BCUT2D eigenvalue weighted by Crippen LogP contribution is -2.48. The lowest BCUT2D eigenvalue weighted by molar-refractivity contribution is -0.151. The molecule has 4 atom stereocenters. The third kappa shape index (κ3) is 2.37. The van der Waals surface area contributed by atoms with Crippen LogP contribution in [0.2, 0.25) is 0 Å². The van der Waals surface area contributed by atoms with E-state index in [4.69, 9.17) is 0 Å². The number of nitrogens with zero attached hydrogens (tertiary/aromatic N) is 1. The Bertz CT molecular complexity index is 390. The monoisotopic (exact) mass is 283 g/mol. The van der Waals surface area contributed by atoms with Crippen LogP contribution >= 0.6 is 11.8 Å². The zero-order valence-corrected chi connectivity index (χ0v) is 12.1. The fourth-order valence-corrected chi connectivity index (χ4v) is 5.17. The van der Waals surface area contributed by atoms with Crippen LogP contribution in [0.4, 0.5) is 0 Å². The number of hydrogen-bond donors (Lipinski definition) is 1. The van der Waals surface area contributed by atoms with E-state index < -0.39 is 12.0 Å². The average molecular weight is 283 g/mol. The number of amides is 1. The van der Waals surface area contributed by atoms with Crippen molar-refractivity contribution in [1.29, 1.82) is 0 Å². The molecule has 1 aliphatic heterocycles. The van der Waals surface area contributed by atoms with Crippen LogP contribution in [0.3, 0.4) is 0 Å². The van der Waals surface area contributed by atoms with Crippen molar-refractivity contribution in [1.82, 2.24) is 4.90 Å². The number of thioether (sulfide) groups is 1. The number of hydrogen-bond acceptors (Lipinski definition) is 3. The minimum absolute atomic E-state index is 0.0792. The van der Waals surface area contributed by atoms with E-state index in [1.807, 2.05) is 0 Å². The minimum atomic E-state index is -0.845. The molecule has 4 nitrogen and oxygen atoms in total. The molecule has 0 spiro atoms. The summed E-state index contributed by atoms with van der Waals surface area (Å²) in [5, 5.41) is 9.39. The molecule has 1 saturated heterocycles. The Morgan fingerprint density at radius 3 is 2.53 bits per heavy atom. The van der Waals surface area contributed by atoms with Crippen LogP contribution in [0.1, 0.15) is 39.0 Å². The molecule has 3 fully saturated rings. The summed E-state index contributed by atoms with van der Waals surface area (Å²) in [4.78, 5) is 25.7. The fraction of sp³-hybridized carbons (Fsp3) is 0.857. The second kappa shape index (κ2) is 5.00. The Balaban J connectivity index is 1.72. The Morgan fingerprint density at radius 2 is 1.95 bits per heavy atom. The van der Waals surface area contributed by atoms with E-state index in [0.29, 0.717) is 5.75 Å². The fourth-order valence-electron chi connectivity index (χ4n) is 3.65. The predicted molar refractivity (Wildman–Crippen MR) is 73.7 cm³/mol. The van der Waals surface area contributed by atoms with Gasteiger partial charge in [-0.05, 0) is 37.5 Å². The quantitative estimate of drug-likeness (QED) is 0.859. The van der Waals surface area contributed by atoms with Gasteiger partial charge in [0, 0.05) is 11.7 Å². The van der Waals surface area contributed by atoms with Gasteiger partial charge in [-0.1, -0.05) is 13.3 Å². The third-order valence-electron chi connectivity index (χ3n) is 4.76. The van der Waals surface area contributed by atoms with E-state index in [2.05, 4.69) is 6.92 Å². The normalized spacial score (nSPS) is 40.3. The third-order valence-corrected chi connectivity index (χ3v) is 6.12. The maximum absolute atomic E-state index is 12.7. The summed E-state index contributed by atoms with van der Waals surface area (Å²) in [5.74, 6) is 1.44. The number of carboxylic acid groups (broad SMARTS) is 1. The van der Waals surface area contributed by atoms with Crippen LogP contribution < -0.4 is 0 Å². The van der Waals surface area contributed by atoms with Crippen molar-refractivity contribution in [3.63, 3.8) is 0 Å². The first-order chi connectivity index (χ1) is 9.11. The molecule has 1 amide bonds. The Labute approximate surface area is 117 Å². The van der Waals surface area contributed by atoms with Crippen molar-refractivity contribution in [2.45, 2.75) is 50.4 Å².